The number of aryl methyl sites for hydroxylation is 1. The van der Waals surface area contributed by atoms with Gasteiger partial charge in [-0.3, -0.25) is 9.89 Å². The molecule has 0 saturated carbocycles. The van der Waals surface area contributed by atoms with Gasteiger partial charge in [0.25, 0.3) is 5.56 Å². The SMILES string of the molecule is CCOC(=O)c1sc(N=Cc2c(C)[nH]n(-c3ccccc3)c2=O)c(C#N)c1C.Cl. The maximum absolute atomic E-state index is 12.7. The number of para-hydroxylation sites is 1. The number of aromatic nitrogens is 2. The number of ether oxygens (including phenoxy) is 1. The number of benzene rings is 1. The molecule has 0 atom stereocenters. The molecule has 7 nitrogen and oxygen atoms in total. The Kier molecular flexibility index (Phi) is 7.15. The number of rotatable bonds is 5. The molecule has 29 heavy (non-hydrogen) atoms. The van der Waals surface area contributed by atoms with Gasteiger partial charge in [-0.25, -0.2) is 14.5 Å². The van der Waals surface area contributed by atoms with Crippen molar-refractivity contribution in [1.29, 1.82) is 5.26 Å². The quantitative estimate of drug-likeness (QED) is 0.487. The molecular formula is C20H19ClN4O3S. The maximum Gasteiger partial charge on any atom is 0.348 e. The predicted octanol–water partition coefficient (Wildman–Crippen LogP) is 4.06. The van der Waals surface area contributed by atoms with Crippen LogP contribution in [-0.4, -0.2) is 28.6 Å². The number of halogens is 1. The molecule has 0 radical (unpaired) electrons. The van der Waals surface area contributed by atoms with E-state index < -0.39 is 5.97 Å². The first-order chi connectivity index (χ1) is 13.5. The maximum atomic E-state index is 12.7. The monoisotopic (exact) mass is 430 g/mol. The average molecular weight is 431 g/mol. The number of aromatic amines is 1. The fourth-order valence-corrected chi connectivity index (χ4v) is 3.70. The largest absolute Gasteiger partial charge is 0.462 e. The van der Waals surface area contributed by atoms with Crippen molar-refractivity contribution in [1.82, 2.24) is 9.78 Å². The summed E-state index contributed by atoms with van der Waals surface area (Å²) in [6, 6.07) is 11.3. The summed E-state index contributed by atoms with van der Waals surface area (Å²) in [5, 5.41) is 12.8. The molecule has 0 bridgehead atoms. The number of thiophene rings is 1. The third-order valence-electron chi connectivity index (χ3n) is 4.14. The van der Waals surface area contributed by atoms with Gasteiger partial charge in [0.05, 0.1) is 23.4 Å². The average Bonchev–Trinajstić information content (AvgIpc) is 3.16. The van der Waals surface area contributed by atoms with Crippen molar-refractivity contribution >= 4 is 40.9 Å². The number of hydrogen-bond donors (Lipinski definition) is 1. The molecule has 3 rings (SSSR count). The van der Waals surface area contributed by atoms with Crippen molar-refractivity contribution < 1.29 is 9.53 Å². The summed E-state index contributed by atoms with van der Waals surface area (Å²) in [5.41, 5.74) is 2.34. The second kappa shape index (κ2) is 9.37. The molecule has 9 heteroatoms. The van der Waals surface area contributed by atoms with Crippen molar-refractivity contribution in [3.63, 3.8) is 0 Å². The summed E-state index contributed by atoms with van der Waals surface area (Å²) in [7, 11) is 0. The number of carbonyl (C=O) groups is 1. The zero-order valence-corrected chi connectivity index (χ0v) is 17.7. The van der Waals surface area contributed by atoms with E-state index in [9.17, 15) is 14.9 Å². The predicted molar refractivity (Wildman–Crippen MR) is 115 cm³/mol. The van der Waals surface area contributed by atoms with Crippen molar-refractivity contribution in [3.05, 3.63) is 67.9 Å². The van der Waals surface area contributed by atoms with E-state index in [0.717, 1.165) is 11.3 Å². The highest BCUT2D eigenvalue weighted by molar-refractivity contribution is 7.18. The summed E-state index contributed by atoms with van der Waals surface area (Å²) < 4.78 is 6.46. The molecule has 0 aliphatic heterocycles. The molecular weight excluding hydrogens is 412 g/mol. The topological polar surface area (TPSA) is 100 Å². The Balaban J connectivity index is 0.00000300. The summed E-state index contributed by atoms with van der Waals surface area (Å²) >= 11 is 1.08. The van der Waals surface area contributed by atoms with Crippen molar-refractivity contribution in [2.24, 2.45) is 4.99 Å². The lowest BCUT2D eigenvalue weighted by atomic mass is 10.2. The van der Waals surface area contributed by atoms with E-state index in [1.54, 1.807) is 20.8 Å². The molecule has 2 heterocycles. The molecule has 0 aliphatic rings. The highest BCUT2D eigenvalue weighted by Gasteiger charge is 2.21. The second-order valence-electron chi connectivity index (χ2n) is 5.95. The third kappa shape index (κ3) is 4.31. The van der Waals surface area contributed by atoms with Crippen LogP contribution in [0.5, 0.6) is 0 Å². The minimum absolute atomic E-state index is 0. The van der Waals surface area contributed by atoms with Crippen LogP contribution in [0.2, 0.25) is 0 Å². The molecule has 3 aromatic rings. The van der Waals surface area contributed by atoms with E-state index in [-0.39, 0.29) is 24.6 Å². The van der Waals surface area contributed by atoms with Gasteiger partial charge in [0.15, 0.2) is 0 Å². The summed E-state index contributed by atoms with van der Waals surface area (Å²) in [5.74, 6) is -0.479. The number of H-pyrrole nitrogens is 1. The van der Waals surface area contributed by atoms with Crippen molar-refractivity contribution in [3.8, 4) is 11.8 Å². The zero-order chi connectivity index (χ0) is 20.3. The molecule has 1 N–H and O–H groups in total. The van der Waals surface area contributed by atoms with E-state index >= 15 is 0 Å². The van der Waals surface area contributed by atoms with Crippen LogP contribution in [0.15, 0.2) is 40.1 Å². The van der Waals surface area contributed by atoms with Crippen LogP contribution in [0.25, 0.3) is 5.69 Å². The highest BCUT2D eigenvalue weighted by Crippen LogP contribution is 2.35. The molecule has 0 unspecified atom stereocenters. The van der Waals surface area contributed by atoms with Crippen LogP contribution in [0.3, 0.4) is 0 Å². The van der Waals surface area contributed by atoms with E-state index in [1.807, 2.05) is 30.3 Å². The number of nitriles is 1. The third-order valence-corrected chi connectivity index (χ3v) is 5.32. The number of hydrogen-bond acceptors (Lipinski definition) is 6. The van der Waals surface area contributed by atoms with Crippen LogP contribution in [0, 0.1) is 25.2 Å². The molecule has 0 aliphatic carbocycles. The van der Waals surface area contributed by atoms with Crippen LogP contribution < -0.4 is 5.56 Å². The Bertz CT molecular complexity index is 1150. The van der Waals surface area contributed by atoms with Gasteiger partial charge in [-0.15, -0.1) is 23.7 Å². The van der Waals surface area contributed by atoms with Crippen LogP contribution in [0.4, 0.5) is 5.00 Å². The Morgan fingerprint density at radius 2 is 2.03 bits per heavy atom. The van der Waals surface area contributed by atoms with Crippen LogP contribution >= 0.6 is 23.7 Å². The van der Waals surface area contributed by atoms with Gasteiger partial charge in [-0.05, 0) is 38.5 Å². The fourth-order valence-electron chi connectivity index (χ4n) is 2.71. The molecule has 0 amide bonds. The van der Waals surface area contributed by atoms with Gasteiger partial charge >= 0.3 is 5.97 Å². The molecule has 0 fully saturated rings. The van der Waals surface area contributed by atoms with Gasteiger partial charge in [0.1, 0.15) is 15.9 Å². The first-order valence-electron chi connectivity index (χ1n) is 8.59. The first kappa shape index (κ1) is 22.1. The standard InChI is InChI=1S/C20H18N4O3S.ClH/c1-4-27-20(26)17-12(2)15(10-21)18(28-17)22-11-16-13(3)23-24(19(16)25)14-8-6-5-7-9-14;/h5-9,11,23H,4H2,1-3H3;1H. The smallest absolute Gasteiger partial charge is 0.348 e. The Hall–Kier alpha value is -3.15. The minimum atomic E-state index is -0.479. The van der Waals surface area contributed by atoms with Gasteiger partial charge in [0, 0.05) is 11.9 Å². The van der Waals surface area contributed by atoms with Crippen molar-refractivity contribution in [2.75, 3.05) is 6.61 Å². The van der Waals surface area contributed by atoms with E-state index in [2.05, 4.69) is 16.2 Å². The summed E-state index contributed by atoms with van der Waals surface area (Å²) in [6.45, 7) is 5.43. The zero-order valence-electron chi connectivity index (χ0n) is 16.1. The number of esters is 1. The Morgan fingerprint density at radius 1 is 1.34 bits per heavy atom. The lowest BCUT2D eigenvalue weighted by molar-refractivity contribution is 0.0531. The van der Waals surface area contributed by atoms with Crippen LogP contribution in [0.1, 0.15) is 39.0 Å². The van der Waals surface area contributed by atoms with Gasteiger partial charge < -0.3 is 4.74 Å². The molecule has 0 spiro atoms. The van der Waals surface area contributed by atoms with Gasteiger partial charge in [-0.2, -0.15) is 5.26 Å². The second-order valence-corrected chi connectivity index (χ2v) is 6.95. The molecule has 150 valence electrons. The van der Waals surface area contributed by atoms with Gasteiger partial charge in [-0.1, -0.05) is 18.2 Å². The van der Waals surface area contributed by atoms with Crippen molar-refractivity contribution in [2.45, 2.75) is 20.8 Å². The summed E-state index contributed by atoms with van der Waals surface area (Å²) in [4.78, 5) is 29.5. The lowest BCUT2D eigenvalue weighted by Crippen LogP contribution is -2.17. The number of nitrogens with one attached hydrogen (secondary N) is 1. The Morgan fingerprint density at radius 3 is 2.66 bits per heavy atom. The van der Waals surface area contributed by atoms with E-state index in [4.69, 9.17) is 4.74 Å². The molecule has 2 aromatic heterocycles. The molecule has 0 saturated heterocycles. The summed E-state index contributed by atoms with van der Waals surface area (Å²) in [6.07, 6.45) is 1.43. The Labute approximate surface area is 177 Å². The van der Waals surface area contributed by atoms with Crippen LogP contribution in [-0.2, 0) is 4.74 Å². The highest BCUT2D eigenvalue weighted by atomic mass is 35.5. The van der Waals surface area contributed by atoms with Gasteiger partial charge in [0.2, 0.25) is 0 Å². The fraction of sp³-hybridized carbons (Fsp3) is 0.200. The minimum Gasteiger partial charge on any atom is -0.462 e. The normalized spacial score (nSPS) is 10.6. The molecule has 1 aromatic carbocycles. The first-order valence-corrected chi connectivity index (χ1v) is 9.41. The van der Waals surface area contributed by atoms with E-state index in [0.29, 0.717) is 37.9 Å². The number of carbonyl (C=O) groups excluding carboxylic acids is 1. The lowest BCUT2D eigenvalue weighted by Gasteiger charge is -1.99. The number of aliphatic imine (C=N–C) groups is 1. The number of nitrogens with zero attached hydrogens (tertiary/aromatic N) is 3. The van der Waals surface area contributed by atoms with E-state index in [1.165, 1.54) is 10.9 Å².